The molecule has 244 valence electrons. The summed E-state index contributed by atoms with van der Waals surface area (Å²) < 4.78 is 14.8. The summed E-state index contributed by atoms with van der Waals surface area (Å²) in [5.41, 5.74) is 11.6. The van der Waals surface area contributed by atoms with Crippen molar-refractivity contribution in [2.75, 3.05) is 4.90 Å². The standard InChI is InChI=1S/C48H29NO2S/c1-4-15-42-36(11-1)39-28-32(21-25-44(39)50-42)30-19-23-34(24-20-30)49(41-14-8-18-47-48(41)38-13-3-6-17-46(38)52-47)35-10-7-9-31(27-35)33-22-26-45-40(29-33)37-12-2-5-16-43(37)51-45/h1-29H. The van der Waals surface area contributed by atoms with E-state index in [-0.39, 0.29) is 0 Å². The molecule has 4 heteroatoms. The van der Waals surface area contributed by atoms with Crippen molar-refractivity contribution in [3.05, 3.63) is 176 Å². The number of furan rings is 2. The lowest BCUT2D eigenvalue weighted by Crippen LogP contribution is -2.10. The van der Waals surface area contributed by atoms with Gasteiger partial charge in [-0.25, -0.2) is 0 Å². The molecule has 0 aliphatic rings. The largest absolute Gasteiger partial charge is 0.456 e. The van der Waals surface area contributed by atoms with Gasteiger partial charge in [-0.15, -0.1) is 11.3 Å². The van der Waals surface area contributed by atoms with E-state index in [1.807, 2.05) is 35.6 Å². The van der Waals surface area contributed by atoms with Crippen molar-refractivity contribution in [1.29, 1.82) is 0 Å². The zero-order valence-electron chi connectivity index (χ0n) is 27.9. The van der Waals surface area contributed by atoms with Gasteiger partial charge in [-0.1, -0.05) is 97.1 Å². The van der Waals surface area contributed by atoms with E-state index in [1.165, 1.54) is 20.2 Å². The molecule has 0 unspecified atom stereocenters. The third-order valence-corrected chi connectivity index (χ3v) is 11.4. The van der Waals surface area contributed by atoms with Gasteiger partial charge in [0.05, 0.1) is 5.69 Å². The summed E-state index contributed by atoms with van der Waals surface area (Å²) in [5, 5.41) is 7.07. The van der Waals surface area contributed by atoms with Crippen LogP contribution >= 0.6 is 11.3 Å². The van der Waals surface area contributed by atoms with Crippen LogP contribution in [0.15, 0.2) is 185 Å². The smallest absolute Gasteiger partial charge is 0.135 e. The lowest BCUT2D eigenvalue weighted by atomic mass is 10.0. The highest BCUT2D eigenvalue weighted by Crippen LogP contribution is 2.46. The number of thiophene rings is 1. The molecule has 11 aromatic rings. The summed E-state index contributed by atoms with van der Waals surface area (Å²) in [6.07, 6.45) is 0. The first kappa shape index (κ1) is 29.1. The average molecular weight is 684 g/mol. The SMILES string of the molecule is c1cc(-c2ccc3oc4ccccc4c3c2)cc(N(c2ccc(-c3ccc4oc5ccccc5c4c3)cc2)c2cccc3sc4ccccc4c23)c1. The molecule has 0 aliphatic heterocycles. The molecule has 52 heavy (non-hydrogen) atoms. The van der Waals surface area contributed by atoms with Crippen LogP contribution in [0.1, 0.15) is 0 Å². The van der Waals surface area contributed by atoms with E-state index in [2.05, 4.69) is 157 Å². The summed E-state index contributed by atoms with van der Waals surface area (Å²) in [6.45, 7) is 0. The molecule has 3 nitrogen and oxygen atoms in total. The number of nitrogens with zero attached hydrogens (tertiary/aromatic N) is 1. The lowest BCUT2D eigenvalue weighted by molar-refractivity contribution is 0.668. The molecule has 3 heterocycles. The summed E-state index contributed by atoms with van der Waals surface area (Å²) in [5.74, 6) is 0. The summed E-state index contributed by atoms with van der Waals surface area (Å²) in [4.78, 5) is 2.41. The van der Waals surface area contributed by atoms with Crippen molar-refractivity contribution >= 4 is 92.4 Å². The Balaban J connectivity index is 1.07. The molecular weight excluding hydrogens is 655 g/mol. The van der Waals surface area contributed by atoms with Gasteiger partial charge < -0.3 is 13.7 Å². The highest BCUT2D eigenvalue weighted by Gasteiger charge is 2.20. The fourth-order valence-corrected chi connectivity index (χ4v) is 8.94. The Morgan fingerprint density at radius 3 is 1.60 bits per heavy atom. The predicted molar refractivity (Wildman–Crippen MR) is 219 cm³/mol. The molecule has 0 N–H and O–H groups in total. The number of rotatable bonds is 5. The van der Waals surface area contributed by atoms with Gasteiger partial charge in [-0.05, 0) is 101 Å². The van der Waals surface area contributed by atoms with Crippen LogP contribution in [-0.4, -0.2) is 0 Å². The molecule has 3 aromatic heterocycles. The summed E-state index contributed by atoms with van der Waals surface area (Å²) in [7, 11) is 0. The Kier molecular flexibility index (Phi) is 6.42. The van der Waals surface area contributed by atoms with Crippen molar-refractivity contribution in [3.8, 4) is 22.3 Å². The minimum absolute atomic E-state index is 0.902. The number of para-hydroxylation sites is 2. The van der Waals surface area contributed by atoms with Gasteiger partial charge in [0, 0.05) is 53.1 Å². The van der Waals surface area contributed by atoms with Crippen LogP contribution in [0, 0.1) is 0 Å². The maximum atomic E-state index is 6.15. The summed E-state index contributed by atoms with van der Waals surface area (Å²) in [6, 6.07) is 62.8. The van der Waals surface area contributed by atoms with Crippen LogP contribution in [-0.2, 0) is 0 Å². The van der Waals surface area contributed by atoms with Crippen LogP contribution < -0.4 is 4.90 Å². The summed E-state index contributed by atoms with van der Waals surface area (Å²) >= 11 is 1.85. The Morgan fingerprint density at radius 2 is 0.885 bits per heavy atom. The predicted octanol–water partition coefficient (Wildman–Crippen LogP) is 14.7. The number of hydrogen-bond acceptors (Lipinski definition) is 4. The van der Waals surface area contributed by atoms with Crippen molar-refractivity contribution in [2.24, 2.45) is 0 Å². The van der Waals surface area contributed by atoms with Gasteiger partial charge in [0.1, 0.15) is 22.3 Å². The Morgan fingerprint density at radius 1 is 0.346 bits per heavy atom. The van der Waals surface area contributed by atoms with E-state index >= 15 is 0 Å². The maximum absolute atomic E-state index is 6.15. The topological polar surface area (TPSA) is 29.5 Å². The quantitative estimate of drug-likeness (QED) is 0.181. The number of fused-ring (bicyclic) bond motifs is 9. The van der Waals surface area contributed by atoms with Crippen molar-refractivity contribution in [3.63, 3.8) is 0 Å². The fourth-order valence-electron chi connectivity index (χ4n) is 7.81. The molecule has 8 aromatic carbocycles. The zero-order chi connectivity index (χ0) is 34.2. The van der Waals surface area contributed by atoms with E-state index in [1.54, 1.807) is 0 Å². The first-order valence-corrected chi connectivity index (χ1v) is 18.3. The van der Waals surface area contributed by atoms with Crippen molar-refractivity contribution in [1.82, 2.24) is 0 Å². The molecule has 0 saturated heterocycles. The van der Waals surface area contributed by atoms with Crippen LogP contribution in [0.4, 0.5) is 17.1 Å². The van der Waals surface area contributed by atoms with E-state index in [9.17, 15) is 0 Å². The third kappa shape index (κ3) is 4.58. The first-order chi connectivity index (χ1) is 25.7. The average Bonchev–Trinajstić information content (AvgIpc) is 3.89. The molecular formula is C48H29NO2S. The minimum atomic E-state index is 0.902. The van der Waals surface area contributed by atoms with Crippen LogP contribution in [0.3, 0.4) is 0 Å². The first-order valence-electron chi connectivity index (χ1n) is 17.5. The number of benzene rings is 8. The van der Waals surface area contributed by atoms with Gasteiger partial charge in [0.15, 0.2) is 0 Å². The Hall–Kier alpha value is -6.62. The fraction of sp³-hybridized carbons (Fsp3) is 0. The second kappa shape index (κ2) is 11.5. The van der Waals surface area contributed by atoms with E-state index < -0.39 is 0 Å². The molecule has 0 radical (unpaired) electrons. The van der Waals surface area contributed by atoms with Gasteiger partial charge in [-0.3, -0.25) is 0 Å². The maximum Gasteiger partial charge on any atom is 0.135 e. The zero-order valence-corrected chi connectivity index (χ0v) is 28.7. The normalized spacial score (nSPS) is 11.8. The molecule has 0 amide bonds. The third-order valence-electron chi connectivity index (χ3n) is 10.3. The van der Waals surface area contributed by atoms with Crippen molar-refractivity contribution < 1.29 is 8.83 Å². The molecule has 0 atom stereocenters. The Labute approximate surface area is 303 Å². The number of hydrogen-bond donors (Lipinski definition) is 0. The van der Waals surface area contributed by atoms with E-state index in [0.717, 1.165) is 83.2 Å². The second-order valence-corrected chi connectivity index (χ2v) is 14.4. The molecule has 0 fully saturated rings. The van der Waals surface area contributed by atoms with Crippen molar-refractivity contribution in [2.45, 2.75) is 0 Å². The van der Waals surface area contributed by atoms with E-state index in [4.69, 9.17) is 8.83 Å². The van der Waals surface area contributed by atoms with Gasteiger partial charge in [-0.2, -0.15) is 0 Å². The van der Waals surface area contributed by atoms with Gasteiger partial charge >= 0.3 is 0 Å². The van der Waals surface area contributed by atoms with Crippen LogP contribution in [0.5, 0.6) is 0 Å². The highest BCUT2D eigenvalue weighted by molar-refractivity contribution is 7.26. The molecule has 0 bridgehead atoms. The molecule has 11 rings (SSSR count). The molecule has 0 spiro atoms. The molecule has 0 aliphatic carbocycles. The Bertz CT molecular complexity index is 3150. The molecule has 0 saturated carbocycles. The van der Waals surface area contributed by atoms with Gasteiger partial charge in [0.25, 0.3) is 0 Å². The van der Waals surface area contributed by atoms with Crippen LogP contribution in [0.25, 0.3) is 86.3 Å². The number of anilines is 3. The monoisotopic (exact) mass is 683 g/mol. The second-order valence-electron chi connectivity index (χ2n) is 13.3. The lowest BCUT2D eigenvalue weighted by Gasteiger charge is -2.27. The highest BCUT2D eigenvalue weighted by atomic mass is 32.1. The minimum Gasteiger partial charge on any atom is -0.456 e. The van der Waals surface area contributed by atoms with Crippen LogP contribution in [0.2, 0.25) is 0 Å². The van der Waals surface area contributed by atoms with E-state index in [0.29, 0.717) is 0 Å². The van der Waals surface area contributed by atoms with Gasteiger partial charge in [0.2, 0.25) is 0 Å².